The molecule has 3 N–H and O–H groups in total. The molecule has 0 aromatic heterocycles. The van der Waals surface area contributed by atoms with Gasteiger partial charge in [0, 0.05) is 6.54 Å². The first kappa shape index (κ1) is 15.7. The van der Waals surface area contributed by atoms with Crippen LogP contribution in [0.5, 0.6) is 0 Å². The molecule has 100 valence electrons. The fraction of sp³-hybridized carbons (Fsp3) is 0.818. The van der Waals surface area contributed by atoms with Crippen LogP contribution in [-0.2, 0) is 14.3 Å². The molecule has 0 spiro atoms. The molecule has 1 amide bonds. The van der Waals surface area contributed by atoms with Crippen LogP contribution in [0.15, 0.2) is 0 Å². The van der Waals surface area contributed by atoms with Crippen molar-refractivity contribution in [3.63, 3.8) is 0 Å². The predicted molar refractivity (Wildman–Crippen MR) is 63.4 cm³/mol. The Morgan fingerprint density at radius 1 is 1.24 bits per heavy atom. The van der Waals surface area contributed by atoms with E-state index in [2.05, 4.69) is 10.1 Å². The van der Waals surface area contributed by atoms with Gasteiger partial charge in [-0.25, -0.2) is 4.79 Å². The molecule has 0 heterocycles. The highest BCUT2D eigenvalue weighted by molar-refractivity contribution is 5.75. The monoisotopic (exact) mass is 246 g/mol. The first-order valence-electron chi connectivity index (χ1n) is 5.72. The molecule has 6 nitrogen and oxygen atoms in total. The Kier molecular flexibility index (Phi) is 7.29. The summed E-state index contributed by atoms with van der Waals surface area (Å²) in [6, 6.07) is 0. The number of nitrogens with two attached hydrogens (primary N) is 1. The molecular formula is C11H22N2O4. The number of hydrogen-bond acceptors (Lipinski definition) is 5. The van der Waals surface area contributed by atoms with Crippen LogP contribution in [-0.4, -0.2) is 38.4 Å². The molecule has 0 atom stereocenters. The Balaban J connectivity index is 3.65. The molecule has 0 radical (unpaired) electrons. The summed E-state index contributed by atoms with van der Waals surface area (Å²) in [5, 5.41) is 2.45. The molecule has 0 aliphatic rings. The maximum absolute atomic E-state index is 11.5. The largest absolute Gasteiger partial charge is 0.463 e. The van der Waals surface area contributed by atoms with Gasteiger partial charge in [-0.2, -0.15) is 0 Å². The standard InChI is InChI=1S/C11H22N2O4/c1-4-11(2,3)9(14)16-8-6-13-10(15)17-7-5-12/h4-8,12H2,1-3H3,(H,13,15). The predicted octanol–water partition coefficient (Wildman–Crippen LogP) is 0.651. The van der Waals surface area contributed by atoms with E-state index in [1.165, 1.54) is 0 Å². The minimum atomic E-state index is -0.554. The lowest BCUT2D eigenvalue weighted by Crippen LogP contribution is -2.32. The van der Waals surface area contributed by atoms with Crippen molar-refractivity contribution in [1.29, 1.82) is 0 Å². The minimum Gasteiger partial charge on any atom is -0.463 e. The maximum atomic E-state index is 11.5. The van der Waals surface area contributed by atoms with E-state index in [0.717, 1.165) is 0 Å². The highest BCUT2D eigenvalue weighted by Gasteiger charge is 2.26. The van der Waals surface area contributed by atoms with Gasteiger partial charge in [0.2, 0.25) is 0 Å². The van der Waals surface area contributed by atoms with Crippen LogP contribution in [0.1, 0.15) is 27.2 Å². The quantitative estimate of drug-likeness (QED) is 0.508. The van der Waals surface area contributed by atoms with E-state index in [1.807, 2.05) is 20.8 Å². The van der Waals surface area contributed by atoms with Gasteiger partial charge in [-0.1, -0.05) is 6.92 Å². The Morgan fingerprint density at radius 3 is 2.41 bits per heavy atom. The summed E-state index contributed by atoms with van der Waals surface area (Å²) < 4.78 is 9.69. The fourth-order valence-electron chi connectivity index (χ4n) is 0.839. The first-order chi connectivity index (χ1) is 7.94. The normalized spacial score (nSPS) is 10.8. The van der Waals surface area contributed by atoms with Gasteiger partial charge in [0.05, 0.1) is 12.0 Å². The topological polar surface area (TPSA) is 90.6 Å². The Bertz CT molecular complexity index is 254. The van der Waals surface area contributed by atoms with Gasteiger partial charge in [0.25, 0.3) is 0 Å². The molecule has 0 saturated carbocycles. The van der Waals surface area contributed by atoms with Crippen LogP contribution in [0, 0.1) is 5.41 Å². The number of ether oxygens (including phenoxy) is 2. The summed E-state index contributed by atoms with van der Waals surface area (Å²) in [6.45, 7) is 6.39. The summed E-state index contributed by atoms with van der Waals surface area (Å²) in [7, 11) is 0. The summed E-state index contributed by atoms with van der Waals surface area (Å²) in [5.74, 6) is -0.267. The van der Waals surface area contributed by atoms with Crippen molar-refractivity contribution in [2.75, 3.05) is 26.3 Å². The smallest absolute Gasteiger partial charge is 0.407 e. The molecule has 6 heteroatoms. The zero-order chi connectivity index (χ0) is 13.3. The first-order valence-corrected chi connectivity index (χ1v) is 5.72. The van der Waals surface area contributed by atoms with Crippen LogP contribution in [0.2, 0.25) is 0 Å². The Morgan fingerprint density at radius 2 is 1.88 bits per heavy atom. The van der Waals surface area contributed by atoms with E-state index >= 15 is 0 Å². The number of carbonyl (C=O) groups excluding carboxylic acids is 2. The summed E-state index contributed by atoms with van der Waals surface area (Å²) in [4.78, 5) is 22.5. The van der Waals surface area contributed by atoms with E-state index in [1.54, 1.807) is 0 Å². The molecule has 0 fully saturated rings. The molecule has 0 bridgehead atoms. The van der Waals surface area contributed by atoms with Gasteiger partial charge in [-0.15, -0.1) is 0 Å². The average Bonchev–Trinajstić information content (AvgIpc) is 2.31. The van der Waals surface area contributed by atoms with Gasteiger partial charge >= 0.3 is 12.1 Å². The summed E-state index contributed by atoms with van der Waals surface area (Å²) in [6.07, 6.45) is 0.152. The number of alkyl carbamates (subject to hydrolysis) is 1. The number of nitrogens with one attached hydrogen (secondary N) is 1. The maximum Gasteiger partial charge on any atom is 0.407 e. The number of esters is 1. The lowest BCUT2D eigenvalue weighted by atomic mass is 9.91. The highest BCUT2D eigenvalue weighted by Crippen LogP contribution is 2.21. The third-order valence-corrected chi connectivity index (χ3v) is 2.39. The Hall–Kier alpha value is -1.30. The van der Waals surface area contributed by atoms with Gasteiger partial charge in [0.15, 0.2) is 0 Å². The Labute approximate surface area is 102 Å². The third-order valence-electron chi connectivity index (χ3n) is 2.39. The SMILES string of the molecule is CCC(C)(C)C(=O)OCCNC(=O)OCCN. The second kappa shape index (κ2) is 7.89. The molecule has 0 aromatic rings. The van der Waals surface area contributed by atoms with Crippen molar-refractivity contribution in [1.82, 2.24) is 5.32 Å². The molecule has 0 aromatic carbocycles. The fourth-order valence-corrected chi connectivity index (χ4v) is 0.839. The van der Waals surface area contributed by atoms with Gasteiger partial charge in [-0.05, 0) is 20.3 Å². The highest BCUT2D eigenvalue weighted by atomic mass is 16.6. The third kappa shape index (κ3) is 6.78. The lowest BCUT2D eigenvalue weighted by Gasteiger charge is -2.20. The number of amides is 1. The average molecular weight is 246 g/mol. The van der Waals surface area contributed by atoms with Gasteiger partial charge < -0.3 is 20.5 Å². The molecule has 0 aliphatic carbocycles. The zero-order valence-corrected chi connectivity index (χ0v) is 10.7. The van der Waals surface area contributed by atoms with Gasteiger partial charge in [-0.3, -0.25) is 4.79 Å². The van der Waals surface area contributed by atoms with E-state index < -0.39 is 11.5 Å². The van der Waals surface area contributed by atoms with Crippen molar-refractivity contribution in [3.05, 3.63) is 0 Å². The van der Waals surface area contributed by atoms with Crippen molar-refractivity contribution in [2.45, 2.75) is 27.2 Å². The van der Waals surface area contributed by atoms with Crippen LogP contribution >= 0.6 is 0 Å². The van der Waals surface area contributed by atoms with E-state index in [9.17, 15) is 9.59 Å². The molecule has 0 rings (SSSR count). The van der Waals surface area contributed by atoms with E-state index in [4.69, 9.17) is 10.5 Å². The number of carbonyl (C=O) groups is 2. The molecule has 17 heavy (non-hydrogen) atoms. The minimum absolute atomic E-state index is 0.139. The summed E-state index contributed by atoms with van der Waals surface area (Å²) >= 11 is 0. The summed E-state index contributed by atoms with van der Waals surface area (Å²) in [5.41, 5.74) is 4.67. The molecule has 0 unspecified atom stereocenters. The molecule has 0 aliphatic heterocycles. The number of hydrogen-bond donors (Lipinski definition) is 2. The van der Waals surface area contributed by atoms with E-state index in [0.29, 0.717) is 6.42 Å². The van der Waals surface area contributed by atoms with Crippen LogP contribution in [0.4, 0.5) is 4.79 Å². The van der Waals surface area contributed by atoms with Crippen LogP contribution in [0.3, 0.4) is 0 Å². The van der Waals surface area contributed by atoms with Crippen LogP contribution < -0.4 is 11.1 Å². The number of rotatable bonds is 7. The van der Waals surface area contributed by atoms with Crippen molar-refractivity contribution in [2.24, 2.45) is 11.1 Å². The zero-order valence-electron chi connectivity index (χ0n) is 10.7. The van der Waals surface area contributed by atoms with Crippen LogP contribution in [0.25, 0.3) is 0 Å². The second-order valence-electron chi connectivity index (χ2n) is 4.22. The molecule has 0 saturated heterocycles. The van der Waals surface area contributed by atoms with Gasteiger partial charge in [0.1, 0.15) is 13.2 Å². The van der Waals surface area contributed by atoms with Crippen molar-refractivity contribution in [3.8, 4) is 0 Å². The second-order valence-corrected chi connectivity index (χ2v) is 4.22. The van der Waals surface area contributed by atoms with E-state index in [-0.39, 0.29) is 32.3 Å². The lowest BCUT2D eigenvalue weighted by molar-refractivity contribution is -0.153. The van der Waals surface area contributed by atoms with Crippen molar-refractivity contribution >= 4 is 12.1 Å². The van der Waals surface area contributed by atoms with Crippen molar-refractivity contribution < 1.29 is 19.1 Å². The molecular weight excluding hydrogens is 224 g/mol.